The van der Waals surface area contributed by atoms with E-state index in [4.69, 9.17) is 9.47 Å². The van der Waals surface area contributed by atoms with Crippen LogP contribution in [0.15, 0.2) is 0 Å². The van der Waals surface area contributed by atoms with E-state index in [0.717, 1.165) is 38.5 Å². The van der Waals surface area contributed by atoms with E-state index >= 15 is 0 Å². The first kappa shape index (κ1) is 26.3. The third kappa shape index (κ3) is 10.2. The van der Waals surface area contributed by atoms with Gasteiger partial charge in [-0.15, -0.1) is 0 Å². The first-order valence-electron chi connectivity index (χ1n) is 11.6. The summed E-state index contributed by atoms with van der Waals surface area (Å²) in [6.45, 7) is 5.22. The van der Waals surface area contributed by atoms with Gasteiger partial charge in [0.15, 0.2) is 12.4 Å². The average Bonchev–Trinajstić information content (AvgIpc) is 2.72. The number of aliphatic hydroxyl groups excluding tert-OH is 3. The van der Waals surface area contributed by atoms with Crippen molar-refractivity contribution in [2.45, 2.75) is 122 Å². The molecule has 4 N–H and O–H groups in total. The Hall–Kier alpha value is -0.730. The first-order chi connectivity index (χ1) is 14.0. The van der Waals surface area contributed by atoms with Crippen LogP contribution >= 0.6 is 0 Å². The van der Waals surface area contributed by atoms with Crippen LogP contribution in [0.25, 0.3) is 0 Å². The topological polar surface area (TPSA) is 108 Å². The van der Waals surface area contributed by atoms with Gasteiger partial charge in [-0.3, -0.25) is 4.79 Å². The monoisotopic (exact) mass is 417 g/mol. The van der Waals surface area contributed by atoms with Gasteiger partial charge in [-0.25, -0.2) is 0 Å². The van der Waals surface area contributed by atoms with Crippen LogP contribution in [0.4, 0.5) is 0 Å². The molecule has 7 nitrogen and oxygen atoms in total. The molecule has 4 unspecified atom stereocenters. The van der Waals surface area contributed by atoms with Gasteiger partial charge >= 0.3 is 0 Å². The molecule has 29 heavy (non-hydrogen) atoms. The number of rotatable bonds is 16. The third-order valence-electron chi connectivity index (χ3n) is 5.44. The highest BCUT2D eigenvalue weighted by Crippen LogP contribution is 2.23. The zero-order valence-corrected chi connectivity index (χ0v) is 18.4. The van der Waals surface area contributed by atoms with E-state index in [1.807, 2.05) is 0 Å². The molecule has 0 saturated carbocycles. The van der Waals surface area contributed by atoms with Crippen molar-refractivity contribution in [3.63, 3.8) is 0 Å². The maximum absolute atomic E-state index is 12.4. The second-order valence-electron chi connectivity index (χ2n) is 8.09. The van der Waals surface area contributed by atoms with Crippen molar-refractivity contribution in [1.29, 1.82) is 0 Å². The van der Waals surface area contributed by atoms with Crippen LogP contribution in [0, 0.1) is 0 Å². The second-order valence-corrected chi connectivity index (χ2v) is 8.09. The van der Waals surface area contributed by atoms with Crippen molar-refractivity contribution in [1.82, 2.24) is 5.32 Å². The van der Waals surface area contributed by atoms with Crippen LogP contribution in [-0.2, 0) is 14.3 Å². The predicted molar refractivity (Wildman–Crippen MR) is 112 cm³/mol. The largest absolute Gasteiger partial charge is 0.387 e. The van der Waals surface area contributed by atoms with Gasteiger partial charge in [0.1, 0.15) is 18.3 Å². The molecule has 172 valence electrons. The summed E-state index contributed by atoms with van der Waals surface area (Å²) >= 11 is 0. The summed E-state index contributed by atoms with van der Waals surface area (Å²) in [4.78, 5) is 12.4. The molecule has 0 aromatic heterocycles. The lowest BCUT2D eigenvalue weighted by molar-refractivity contribution is -0.290. The Kier molecular flexibility index (Phi) is 14.5. The summed E-state index contributed by atoms with van der Waals surface area (Å²) in [7, 11) is 0. The minimum atomic E-state index is -1.48. The molecule has 5 atom stereocenters. The second kappa shape index (κ2) is 16.0. The summed E-state index contributed by atoms with van der Waals surface area (Å²) in [5, 5.41) is 33.1. The summed E-state index contributed by atoms with van der Waals surface area (Å²) in [5.41, 5.74) is 0. The Morgan fingerprint density at radius 2 is 1.34 bits per heavy atom. The van der Waals surface area contributed by atoms with Gasteiger partial charge in [0.05, 0.1) is 0 Å². The molecular formula is C22H43NO6. The molecular weight excluding hydrogens is 374 g/mol. The molecule has 1 saturated heterocycles. The summed E-state index contributed by atoms with van der Waals surface area (Å²) in [6, 6.07) is 0. The Balaban J connectivity index is 2.33. The lowest BCUT2D eigenvalue weighted by atomic mass is 9.98. The fourth-order valence-electron chi connectivity index (χ4n) is 3.50. The number of aliphatic hydroxyl groups is 3. The van der Waals surface area contributed by atoms with E-state index < -0.39 is 36.6 Å². The van der Waals surface area contributed by atoms with Crippen molar-refractivity contribution in [2.75, 3.05) is 13.2 Å². The van der Waals surface area contributed by atoms with Crippen LogP contribution in [0.2, 0.25) is 0 Å². The molecule has 1 aliphatic rings. The quantitative estimate of drug-likeness (QED) is 0.288. The Morgan fingerprint density at radius 1 is 0.793 bits per heavy atom. The lowest BCUT2D eigenvalue weighted by Gasteiger charge is -2.39. The lowest BCUT2D eigenvalue weighted by Crippen LogP contribution is -2.62. The third-order valence-corrected chi connectivity index (χ3v) is 5.44. The maximum atomic E-state index is 12.4. The minimum Gasteiger partial charge on any atom is -0.387 e. The fourth-order valence-corrected chi connectivity index (χ4v) is 3.50. The van der Waals surface area contributed by atoms with Gasteiger partial charge in [0.2, 0.25) is 0 Å². The van der Waals surface area contributed by atoms with Gasteiger partial charge < -0.3 is 30.1 Å². The fraction of sp³-hybridized carbons (Fsp3) is 0.955. The summed E-state index contributed by atoms with van der Waals surface area (Å²) in [6.07, 6.45) is 6.57. The first-order valence-corrected chi connectivity index (χ1v) is 11.6. The van der Waals surface area contributed by atoms with E-state index in [1.165, 1.54) is 38.5 Å². The van der Waals surface area contributed by atoms with Gasteiger partial charge in [-0.2, -0.15) is 0 Å². The number of ether oxygens (including phenoxy) is 2. The molecule has 0 spiro atoms. The molecule has 0 radical (unpaired) electrons. The van der Waals surface area contributed by atoms with Gasteiger partial charge in [0.25, 0.3) is 5.91 Å². The predicted octanol–water partition coefficient (Wildman–Crippen LogP) is 2.65. The van der Waals surface area contributed by atoms with Gasteiger partial charge in [-0.05, 0) is 12.8 Å². The normalized spacial score (nSPS) is 27.1. The summed E-state index contributed by atoms with van der Waals surface area (Å²) in [5.74, 6) is -0.481. The smallest absolute Gasteiger partial charge is 0.252 e. The molecule has 1 rings (SSSR count). The molecule has 0 bridgehead atoms. The molecule has 1 aliphatic heterocycles. The van der Waals surface area contributed by atoms with Gasteiger partial charge in [-0.1, -0.05) is 78.1 Å². The van der Waals surface area contributed by atoms with Crippen molar-refractivity contribution in [3.05, 3.63) is 0 Å². The highest BCUT2D eigenvalue weighted by atomic mass is 16.7. The van der Waals surface area contributed by atoms with Crippen LogP contribution in [0.5, 0.6) is 0 Å². The number of hydrogen-bond donors (Lipinski definition) is 4. The minimum absolute atomic E-state index is 0.378. The van der Waals surface area contributed by atoms with Crippen LogP contribution in [-0.4, -0.2) is 65.1 Å². The standard InChI is InChI=1S/C22H43NO6/c1-3-5-7-9-11-13-15-23-21(27)20-18(25)17(24)19(26)22(29-20)28-16-14-12-10-8-6-4-2/h17-20,22,24-26H,3-16H2,1-2H3,(H,23,27)/t17?,18-,19?,20?,22?/m0/s1. The highest BCUT2D eigenvalue weighted by Gasteiger charge is 2.47. The van der Waals surface area contributed by atoms with E-state index in [-0.39, 0.29) is 0 Å². The Morgan fingerprint density at radius 3 is 1.97 bits per heavy atom. The number of amides is 1. The molecule has 0 aliphatic carbocycles. The van der Waals surface area contributed by atoms with Crippen LogP contribution in [0.3, 0.4) is 0 Å². The zero-order valence-electron chi connectivity index (χ0n) is 18.4. The van der Waals surface area contributed by atoms with Crippen molar-refractivity contribution in [3.8, 4) is 0 Å². The Bertz CT molecular complexity index is 422. The number of nitrogens with one attached hydrogen (secondary N) is 1. The summed E-state index contributed by atoms with van der Waals surface area (Å²) < 4.78 is 11.1. The maximum Gasteiger partial charge on any atom is 0.252 e. The van der Waals surface area contributed by atoms with Gasteiger partial charge in [0, 0.05) is 13.2 Å². The molecule has 0 aromatic carbocycles. The number of carbonyl (C=O) groups is 1. The molecule has 7 heteroatoms. The molecule has 1 amide bonds. The van der Waals surface area contributed by atoms with Crippen molar-refractivity contribution >= 4 is 5.91 Å². The zero-order chi connectivity index (χ0) is 21.5. The number of carbonyl (C=O) groups excluding carboxylic acids is 1. The number of hydrogen-bond acceptors (Lipinski definition) is 6. The van der Waals surface area contributed by atoms with Crippen molar-refractivity contribution in [2.24, 2.45) is 0 Å². The SMILES string of the molecule is CCCCCCCCNC(=O)C1OC(OCCCCCCCC)C(O)C(O)[C@@H]1O. The van der Waals surface area contributed by atoms with E-state index in [2.05, 4.69) is 19.2 Å². The van der Waals surface area contributed by atoms with Crippen LogP contribution < -0.4 is 5.32 Å². The van der Waals surface area contributed by atoms with Crippen LogP contribution in [0.1, 0.15) is 90.9 Å². The highest BCUT2D eigenvalue weighted by molar-refractivity contribution is 5.81. The molecule has 1 fully saturated rings. The Labute approximate surface area is 176 Å². The molecule has 0 aromatic rings. The van der Waals surface area contributed by atoms with E-state index in [0.29, 0.717) is 13.2 Å². The molecule has 1 heterocycles. The van der Waals surface area contributed by atoms with E-state index in [9.17, 15) is 20.1 Å². The van der Waals surface area contributed by atoms with Crippen molar-refractivity contribution < 1.29 is 29.6 Å². The average molecular weight is 418 g/mol. The number of unbranched alkanes of at least 4 members (excludes halogenated alkanes) is 10. The van der Waals surface area contributed by atoms with E-state index in [1.54, 1.807) is 0 Å².